The Morgan fingerprint density at radius 2 is 2.29 bits per heavy atom. The molecule has 5 heteroatoms. The van der Waals surface area contributed by atoms with Crippen molar-refractivity contribution in [1.82, 2.24) is 15.1 Å². The van der Waals surface area contributed by atoms with Gasteiger partial charge < -0.3 is 10.6 Å². The molecule has 1 atom stereocenters. The minimum Gasteiger partial charge on any atom is -0.383 e. The number of anilines is 1. The molecule has 1 aromatic heterocycles. The molecule has 0 saturated carbocycles. The summed E-state index contributed by atoms with van der Waals surface area (Å²) < 4.78 is 0. The van der Waals surface area contributed by atoms with Gasteiger partial charge in [0.1, 0.15) is 11.4 Å². The van der Waals surface area contributed by atoms with E-state index in [1.54, 1.807) is 0 Å². The second-order valence-corrected chi connectivity index (χ2v) is 5.80. The maximum absolute atomic E-state index is 12.2. The lowest BCUT2D eigenvalue weighted by molar-refractivity contribution is 0.0777. The first kappa shape index (κ1) is 12.0. The number of likely N-dealkylation sites (tertiary alicyclic amines) is 1. The quantitative estimate of drug-likeness (QED) is 0.776. The van der Waals surface area contributed by atoms with E-state index in [0.717, 1.165) is 19.5 Å². The number of aromatic amines is 1. The molecule has 94 valence electrons. The summed E-state index contributed by atoms with van der Waals surface area (Å²) in [4.78, 5) is 14.1. The van der Waals surface area contributed by atoms with Gasteiger partial charge in [0.05, 0.1) is 6.20 Å². The van der Waals surface area contributed by atoms with Crippen molar-refractivity contribution in [1.29, 1.82) is 0 Å². The van der Waals surface area contributed by atoms with Crippen molar-refractivity contribution >= 4 is 11.7 Å². The van der Waals surface area contributed by atoms with Gasteiger partial charge in [-0.05, 0) is 17.8 Å². The Labute approximate surface area is 101 Å². The fraction of sp³-hybridized carbons (Fsp3) is 0.667. The van der Waals surface area contributed by atoms with Gasteiger partial charge in [0.25, 0.3) is 5.91 Å². The number of aromatic nitrogens is 2. The summed E-state index contributed by atoms with van der Waals surface area (Å²) in [5, 5.41) is 6.38. The number of hydrogen-bond donors (Lipinski definition) is 2. The average molecular weight is 236 g/mol. The molecule has 2 rings (SSSR count). The summed E-state index contributed by atoms with van der Waals surface area (Å²) in [6.45, 7) is 8.28. The monoisotopic (exact) mass is 236 g/mol. The number of nitrogens with one attached hydrogen (secondary N) is 1. The number of H-pyrrole nitrogens is 1. The van der Waals surface area contributed by atoms with Crippen molar-refractivity contribution < 1.29 is 4.79 Å². The van der Waals surface area contributed by atoms with Gasteiger partial charge in [0.15, 0.2) is 0 Å². The van der Waals surface area contributed by atoms with E-state index in [9.17, 15) is 4.79 Å². The van der Waals surface area contributed by atoms with Gasteiger partial charge in [-0.2, -0.15) is 5.10 Å². The molecule has 17 heavy (non-hydrogen) atoms. The third-order valence-corrected chi connectivity index (χ3v) is 3.60. The zero-order valence-electron chi connectivity index (χ0n) is 10.7. The maximum Gasteiger partial charge on any atom is 0.259 e. The van der Waals surface area contributed by atoms with Crippen LogP contribution in [-0.2, 0) is 0 Å². The molecule has 3 N–H and O–H groups in total. The number of carbonyl (C=O) groups is 1. The minimum atomic E-state index is -0.0111. The van der Waals surface area contributed by atoms with Crippen LogP contribution in [0.4, 0.5) is 5.82 Å². The Balaban J connectivity index is 2.07. The Hall–Kier alpha value is -1.52. The summed E-state index contributed by atoms with van der Waals surface area (Å²) in [5.74, 6) is 0.900. The SMILES string of the molecule is CC(C)(C)C1CCN(C(=O)c2cn[nH]c2N)C1. The predicted molar refractivity (Wildman–Crippen MR) is 66.5 cm³/mol. The van der Waals surface area contributed by atoms with Crippen molar-refractivity contribution in [2.75, 3.05) is 18.8 Å². The summed E-state index contributed by atoms with van der Waals surface area (Å²) in [6, 6.07) is 0. The normalized spacial score (nSPS) is 20.9. The number of nitrogens with zero attached hydrogens (tertiary/aromatic N) is 2. The van der Waals surface area contributed by atoms with Crippen LogP contribution in [0.2, 0.25) is 0 Å². The molecule has 1 aromatic rings. The molecule has 0 radical (unpaired) electrons. The number of nitrogens with two attached hydrogens (primary N) is 1. The van der Waals surface area contributed by atoms with E-state index in [-0.39, 0.29) is 11.3 Å². The largest absolute Gasteiger partial charge is 0.383 e. The molecule has 0 bridgehead atoms. The molecule has 1 unspecified atom stereocenters. The van der Waals surface area contributed by atoms with E-state index in [1.165, 1.54) is 6.20 Å². The minimum absolute atomic E-state index is 0.0111. The highest BCUT2D eigenvalue weighted by molar-refractivity contribution is 5.98. The number of carbonyl (C=O) groups excluding carboxylic acids is 1. The lowest BCUT2D eigenvalue weighted by Gasteiger charge is -2.26. The second kappa shape index (κ2) is 4.05. The Morgan fingerprint density at radius 1 is 1.59 bits per heavy atom. The summed E-state index contributed by atoms with van der Waals surface area (Å²) >= 11 is 0. The highest BCUT2D eigenvalue weighted by atomic mass is 16.2. The number of amides is 1. The first-order valence-corrected chi connectivity index (χ1v) is 5.97. The Morgan fingerprint density at radius 3 is 2.76 bits per heavy atom. The van der Waals surface area contributed by atoms with Crippen LogP contribution in [0.15, 0.2) is 6.20 Å². The van der Waals surface area contributed by atoms with Crippen molar-refractivity contribution in [2.24, 2.45) is 11.3 Å². The van der Waals surface area contributed by atoms with E-state index in [2.05, 4.69) is 31.0 Å². The molecular weight excluding hydrogens is 216 g/mol. The highest BCUT2D eigenvalue weighted by Gasteiger charge is 2.34. The van der Waals surface area contributed by atoms with Gasteiger partial charge in [-0.1, -0.05) is 20.8 Å². The van der Waals surface area contributed by atoms with Gasteiger partial charge >= 0.3 is 0 Å². The van der Waals surface area contributed by atoms with Crippen molar-refractivity contribution in [3.63, 3.8) is 0 Å². The van der Waals surface area contributed by atoms with Crippen LogP contribution in [0.5, 0.6) is 0 Å². The third kappa shape index (κ3) is 2.28. The Bertz CT molecular complexity index is 418. The van der Waals surface area contributed by atoms with E-state index in [1.807, 2.05) is 4.90 Å². The molecule has 1 amide bonds. The van der Waals surface area contributed by atoms with Crippen molar-refractivity contribution in [3.8, 4) is 0 Å². The molecule has 1 fully saturated rings. The number of hydrogen-bond acceptors (Lipinski definition) is 3. The topological polar surface area (TPSA) is 75.0 Å². The van der Waals surface area contributed by atoms with E-state index >= 15 is 0 Å². The number of rotatable bonds is 1. The van der Waals surface area contributed by atoms with Crippen LogP contribution in [0.25, 0.3) is 0 Å². The van der Waals surface area contributed by atoms with E-state index in [0.29, 0.717) is 17.3 Å². The summed E-state index contributed by atoms with van der Waals surface area (Å²) in [7, 11) is 0. The van der Waals surface area contributed by atoms with E-state index < -0.39 is 0 Å². The van der Waals surface area contributed by atoms with Crippen LogP contribution < -0.4 is 5.73 Å². The molecule has 1 aliphatic rings. The van der Waals surface area contributed by atoms with Crippen molar-refractivity contribution in [2.45, 2.75) is 27.2 Å². The Kier molecular flexibility index (Phi) is 2.85. The molecule has 0 aromatic carbocycles. The van der Waals surface area contributed by atoms with Crippen LogP contribution in [0.3, 0.4) is 0 Å². The van der Waals surface area contributed by atoms with Gasteiger partial charge in [0.2, 0.25) is 0 Å². The van der Waals surface area contributed by atoms with Crippen LogP contribution in [0.1, 0.15) is 37.6 Å². The fourth-order valence-electron chi connectivity index (χ4n) is 2.29. The molecule has 0 spiro atoms. The molecular formula is C12H20N4O. The zero-order chi connectivity index (χ0) is 12.6. The van der Waals surface area contributed by atoms with Gasteiger partial charge in [-0.15, -0.1) is 0 Å². The smallest absolute Gasteiger partial charge is 0.259 e. The van der Waals surface area contributed by atoms with E-state index in [4.69, 9.17) is 5.73 Å². The van der Waals surface area contributed by atoms with Crippen LogP contribution in [-0.4, -0.2) is 34.1 Å². The van der Waals surface area contributed by atoms with Crippen LogP contribution in [0, 0.1) is 11.3 Å². The summed E-state index contributed by atoms with van der Waals surface area (Å²) in [6.07, 6.45) is 2.56. The summed E-state index contributed by atoms with van der Waals surface area (Å²) in [5.41, 5.74) is 6.40. The second-order valence-electron chi connectivity index (χ2n) is 5.80. The zero-order valence-corrected chi connectivity index (χ0v) is 10.7. The predicted octanol–water partition coefficient (Wildman–Crippen LogP) is 1.50. The van der Waals surface area contributed by atoms with Crippen LogP contribution >= 0.6 is 0 Å². The van der Waals surface area contributed by atoms with Crippen molar-refractivity contribution in [3.05, 3.63) is 11.8 Å². The van der Waals surface area contributed by atoms with Gasteiger partial charge in [-0.25, -0.2) is 0 Å². The lowest BCUT2D eigenvalue weighted by atomic mass is 9.80. The maximum atomic E-state index is 12.2. The standard InChI is InChI=1S/C12H20N4O/c1-12(2,3)8-4-5-16(7-8)11(17)9-6-14-15-10(9)13/h6,8H,4-5,7H2,1-3H3,(H3,13,14,15). The average Bonchev–Trinajstić information content (AvgIpc) is 2.83. The molecule has 1 aliphatic heterocycles. The third-order valence-electron chi connectivity index (χ3n) is 3.60. The fourth-order valence-corrected chi connectivity index (χ4v) is 2.29. The lowest BCUT2D eigenvalue weighted by Crippen LogP contribution is -2.31. The molecule has 2 heterocycles. The molecule has 5 nitrogen and oxygen atoms in total. The highest BCUT2D eigenvalue weighted by Crippen LogP contribution is 2.34. The first-order valence-electron chi connectivity index (χ1n) is 5.97. The first-order chi connectivity index (χ1) is 7.89. The number of nitrogen functional groups attached to an aromatic ring is 1. The van der Waals surface area contributed by atoms with Gasteiger partial charge in [0, 0.05) is 13.1 Å². The molecule has 1 saturated heterocycles. The van der Waals surface area contributed by atoms with Gasteiger partial charge in [-0.3, -0.25) is 9.89 Å². The molecule has 0 aliphatic carbocycles.